The largest absolute Gasteiger partial charge is 0.325 e. The van der Waals surface area contributed by atoms with Gasteiger partial charge in [-0.05, 0) is 36.6 Å². The predicted molar refractivity (Wildman–Crippen MR) is 95.7 cm³/mol. The quantitative estimate of drug-likeness (QED) is 0.816. The fraction of sp³-hybridized carbons (Fsp3) is 0.133. The Balaban J connectivity index is 2.23. The SMILES string of the molecule is CSCC(=O)Nc1cccc(S(=O)(=O)Nc2ccccc2Cl)c1. The van der Waals surface area contributed by atoms with Gasteiger partial charge in [-0.15, -0.1) is 0 Å². The Hall–Kier alpha value is -1.70. The van der Waals surface area contributed by atoms with Crippen LogP contribution in [0.15, 0.2) is 53.4 Å². The number of benzene rings is 2. The van der Waals surface area contributed by atoms with E-state index in [-0.39, 0.29) is 10.8 Å². The number of carbonyl (C=O) groups excluding carboxylic acids is 1. The molecule has 0 fully saturated rings. The van der Waals surface area contributed by atoms with Crippen LogP contribution in [0.1, 0.15) is 0 Å². The van der Waals surface area contributed by atoms with Gasteiger partial charge in [0.1, 0.15) is 0 Å². The van der Waals surface area contributed by atoms with Crippen molar-refractivity contribution in [3.8, 4) is 0 Å². The number of sulfonamides is 1. The van der Waals surface area contributed by atoms with Gasteiger partial charge in [0.15, 0.2) is 0 Å². The molecule has 122 valence electrons. The van der Waals surface area contributed by atoms with Crippen molar-refractivity contribution in [3.05, 3.63) is 53.6 Å². The highest BCUT2D eigenvalue weighted by Gasteiger charge is 2.16. The first-order chi connectivity index (χ1) is 10.9. The van der Waals surface area contributed by atoms with E-state index in [4.69, 9.17) is 11.6 Å². The Morgan fingerprint density at radius 2 is 1.91 bits per heavy atom. The van der Waals surface area contributed by atoms with Crippen LogP contribution in [0, 0.1) is 0 Å². The van der Waals surface area contributed by atoms with E-state index in [0.29, 0.717) is 22.2 Å². The normalized spacial score (nSPS) is 11.0. The lowest BCUT2D eigenvalue weighted by atomic mass is 10.3. The molecule has 0 aromatic heterocycles. The Morgan fingerprint density at radius 3 is 2.61 bits per heavy atom. The predicted octanol–water partition coefficient (Wildman–Crippen LogP) is 3.44. The first kappa shape index (κ1) is 17.7. The Bertz CT molecular complexity index is 810. The summed E-state index contributed by atoms with van der Waals surface area (Å²) in [5.41, 5.74) is 0.720. The van der Waals surface area contributed by atoms with Crippen LogP contribution < -0.4 is 10.0 Å². The zero-order chi connectivity index (χ0) is 16.9. The molecule has 1 amide bonds. The molecule has 0 unspecified atom stereocenters. The lowest BCUT2D eigenvalue weighted by molar-refractivity contribution is -0.113. The summed E-state index contributed by atoms with van der Waals surface area (Å²) in [5.74, 6) is 0.112. The molecule has 5 nitrogen and oxygen atoms in total. The maximum atomic E-state index is 12.4. The summed E-state index contributed by atoms with van der Waals surface area (Å²) in [6.07, 6.45) is 1.81. The fourth-order valence-corrected chi connectivity index (χ4v) is 3.52. The number of hydrogen-bond donors (Lipinski definition) is 2. The van der Waals surface area contributed by atoms with Crippen molar-refractivity contribution in [1.82, 2.24) is 0 Å². The van der Waals surface area contributed by atoms with Gasteiger partial charge < -0.3 is 5.32 Å². The standard InChI is InChI=1S/C15H15ClN2O3S2/c1-22-10-15(19)17-11-5-4-6-12(9-11)23(20,21)18-14-8-3-2-7-13(14)16/h2-9,18H,10H2,1H3,(H,17,19). The number of para-hydroxylation sites is 1. The molecule has 0 bridgehead atoms. The molecule has 0 spiro atoms. The van der Waals surface area contributed by atoms with Crippen LogP contribution in [0.5, 0.6) is 0 Å². The van der Waals surface area contributed by atoms with Gasteiger partial charge in [-0.1, -0.05) is 29.8 Å². The maximum Gasteiger partial charge on any atom is 0.262 e. The molecular formula is C15H15ClN2O3S2. The van der Waals surface area contributed by atoms with Crippen molar-refractivity contribution in [1.29, 1.82) is 0 Å². The van der Waals surface area contributed by atoms with Crippen molar-refractivity contribution in [3.63, 3.8) is 0 Å². The molecule has 2 rings (SSSR count). The minimum Gasteiger partial charge on any atom is -0.325 e. The lowest BCUT2D eigenvalue weighted by Crippen LogP contribution is -2.16. The van der Waals surface area contributed by atoms with Crippen molar-refractivity contribution in [2.45, 2.75) is 4.90 Å². The molecule has 2 N–H and O–H groups in total. The summed E-state index contributed by atoms with van der Waals surface area (Å²) in [4.78, 5) is 11.6. The Kier molecular flexibility index (Phi) is 5.92. The molecular weight excluding hydrogens is 356 g/mol. The first-order valence-corrected chi connectivity index (χ1v) is 9.84. The molecule has 0 heterocycles. The highest BCUT2D eigenvalue weighted by Crippen LogP contribution is 2.25. The smallest absolute Gasteiger partial charge is 0.262 e. The number of anilines is 2. The number of carbonyl (C=O) groups is 1. The summed E-state index contributed by atoms with van der Waals surface area (Å²) in [7, 11) is -3.80. The average Bonchev–Trinajstić information content (AvgIpc) is 2.50. The van der Waals surface area contributed by atoms with Gasteiger partial charge >= 0.3 is 0 Å². The molecule has 0 saturated carbocycles. The molecule has 0 saturated heterocycles. The number of amides is 1. The number of rotatable bonds is 6. The molecule has 2 aromatic rings. The second-order valence-electron chi connectivity index (χ2n) is 4.59. The van der Waals surface area contributed by atoms with Crippen LogP contribution in [0.25, 0.3) is 0 Å². The molecule has 8 heteroatoms. The number of thioether (sulfide) groups is 1. The number of halogens is 1. The summed E-state index contributed by atoms with van der Waals surface area (Å²) in [6.45, 7) is 0. The fourth-order valence-electron chi connectivity index (χ4n) is 1.82. The molecule has 0 aliphatic rings. The van der Waals surface area contributed by atoms with E-state index < -0.39 is 10.0 Å². The van der Waals surface area contributed by atoms with Crippen molar-refractivity contribution in [2.24, 2.45) is 0 Å². The van der Waals surface area contributed by atoms with Gasteiger partial charge in [0.05, 0.1) is 21.4 Å². The van der Waals surface area contributed by atoms with E-state index in [1.807, 2.05) is 6.26 Å². The van der Waals surface area contributed by atoms with E-state index in [2.05, 4.69) is 10.0 Å². The van der Waals surface area contributed by atoms with E-state index in [9.17, 15) is 13.2 Å². The van der Waals surface area contributed by atoms with Crippen LogP contribution >= 0.6 is 23.4 Å². The third kappa shape index (κ3) is 4.89. The second-order valence-corrected chi connectivity index (χ2v) is 7.55. The monoisotopic (exact) mass is 370 g/mol. The number of hydrogen-bond acceptors (Lipinski definition) is 4. The van der Waals surface area contributed by atoms with Gasteiger partial charge in [0.2, 0.25) is 5.91 Å². The number of nitrogens with one attached hydrogen (secondary N) is 2. The van der Waals surface area contributed by atoms with E-state index in [1.54, 1.807) is 36.4 Å². The van der Waals surface area contributed by atoms with Crippen LogP contribution in [0.2, 0.25) is 5.02 Å². The van der Waals surface area contributed by atoms with Crippen LogP contribution in [0.4, 0.5) is 11.4 Å². The minimum absolute atomic E-state index is 0.0411. The first-order valence-electron chi connectivity index (χ1n) is 6.58. The van der Waals surface area contributed by atoms with Gasteiger partial charge in [-0.3, -0.25) is 9.52 Å². The molecule has 23 heavy (non-hydrogen) atoms. The van der Waals surface area contributed by atoms with Crippen molar-refractivity contribution >= 4 is 50.7 Å². The molecule has 0 radical (unpaired) electrons. The minimum atomic E-state index is -3.80. The van der Waals surface area contributed by atoms with E-state index in [1.165, 1.54) is 23.9 Å². The zero-order valence-electron chi connectivity index (χ0n) is 12.2. The summed E-state index contributed by atoms with van der Waals surface area (Å²) in [6, 6.07) is 12.6. The molecule has 0 aliphatic heterocycles. The Labute approximate surface area is 144 Å². The third-order valence-corrected chi connectivity index (χ3v) is 5.07. The second kappa shape index (κ2) is 7.72. The summed E-state index contributed by atoms with van der Waals surface area (Å²) in [5, 5.41) is 2.96. The topological polar surface area (TPSA) is 75.3 Å². The van der Waals surface area contributed by atoms with Crippen molar-refractivity contribution in [2.75, 3.05) is 22.0 Å². The molecule has 0 aliphatic carbocycles. The van der Waals surface area contributed by atoms with Crippen LogP contribution in [-0.2, 0) is 14.8 Å². The highest BCUT2D eigenvalue weighted by molar-refractivity contribution is 7.99. The highest BCUT2D eigenvalue weighted by atomic mass is 35.5. The van der Waals surface area contributed by atoms with E-state index in [0.717, 1.165) is 0 Å². The third-order valence-electron chi connectivity index (χ3n) is 2.82. The van der Waals surface area contributed by atoms with Crippen LogP contribution in [0.3, 0.4) is 0 Å². The summed E-state index contributed by atoms with van der Waals surface area (Å²) >= 11 is 7.35. The van der Waals surface area contributed by atoms with Crippen LogP contribution in [-0.4, -0.2) is 26.3 Å². The zero-order valence-corrected chi connectivity index (χ0v) is 14.6. The average molecular weight is 371 g/mol. The maximum absolute atomic E-state index is 12.4. The lowest BCUT2D eigenvalue weighted by Gasteiger charge is -2.11. The van der Waals surface area contributed by atoms with Crippen molar-refractivity contribution < 1.29 is 13.2 Å². The summed E-state index contributed by atoms with van der Waals surface area (Å²) < 4.78 is 27.3. The van der Waals surface area contributed by atoms with E-state index >= 15 is 0 Å². The molecule has 2 aromatic carbocycles. The molecule has 0 atom stereocenters. The van der Waals surface area contributed by atoms with Gasteiger partial charge in [0, 0.05) is 5.69 Å². The van der Waals surface area contributed by atoms with Gasteiger partial charge in [0.25, 0.3) is 10.0 Å². The Morgan fingerprint density at radius 1 is 1.17 bits per heavy atom. The van der Waals surface area contributed by atoms with Gasteiger partial charge in [-0.25, -0.2) is 8.42 Å². The van der Waals surface area contributed by atoms with Gasteiger partial charge in [-0.2, -0.15) is 11.8 Å².